The zero-order valence-corrected chi connectivity index (χ0v) is 17.4. The molecule has 2 aromatic rings. The van der Waals surface area contributed by atoms with Crippen molar-refractivity contribution in [2.24, 2.45) is 5.10 Å². The molecule has 1 unspecified atom stereocenters. The average Bonchev–Trinajstić information content (AvgIpc) is 3.33. The van der Waals surface area contributed by atoms with Gasteiger partial charge in [-0.25, -0.2) is 5.43 Å². The van der Waals surface area contributed by atoms with Crippen molar-refractivity contribution in [3.05, 3.63) is 65.7 Å². The molecule has 2 aromatic carbocycles. The molecule has 2 N–H and O–H groups in total. The van der Waals surface area contributed by atoms with Crippen molar-refractivity contribution < 1.29 is 19.1 Å². The summed E-state index contributed by atoms with van der Waals surface area (Å²) in [7, 11) is 0. The van der Waals surface area contributed by atoms with Gasteiger partial charge in [-0.15, -0.1) is 0 Å². The van der Waals surface area contributed by atoms with Crippen LogP contribution >= 0.6 is 0 Å². The van der Waals surface area contributed by atoms with Gasteiger partial charge < -0.3 is 15.0 Å². The van der Waals surface area contributed by atoms with E-state index in [0.717, 1.165) is 18.4 Å². The van der Waals surface area contributed by atoms with Crippen molar-refractivity contribution in [1.82, 2.24) is 15.6 Å². The normalized spacial score (nSPS) is 14.3. The van der Waals surface area contributed by atoms with Crippen LogP contribution in [0.15, 0.2) is 59.7 Å². The highest BCUT2D eigenvalue weighted by atomic mass is 16.5. The maximum absolute atomic E-state index is 12.1. The van der Waals surface area contributed by atoms with Crippen LogP contribution < -0.4 is 15.5 Å². The maximum atomic E-state index is 12.1. The first-order chi connectivity index (χ1) is 15.0. The SMILES string of the molecule is CC(NC(=O)COc1ccc(/C=N/NC(=O)C(=O)N2CCCC2)cc1)c1ccccc1. The van der Waals surface area contributed by atoms with Crippen LogP contribution in [0.1, 0.15) is 36.9 Å². The first-order valence-electron chi connectivity index (χ1n) is 10.2. The second kappa shape index (κ2) is 10.9. The number of carbonyl (C=O) groups excluding carboxylic acids is 3. The molecule has 1 saturated heterocycles. The van der Waals surface area contributed by atoms with Crippen molar-refractivity contribution in [3.63, 3.8) is 0 Å². The topological polar surface area (TPSA) is 100 Å². The molecular formula is C23H26N4O4. The molecule has 1 aliphatic heterocycles. The summed E-state index contributed by atoms with van der Waals surface area (Å²) in [5, 5.41) is 6.71. The molecule has 0 radical (unpaired) electrons. The Hall–Kier alpha value is -3.68. The molecule has 0 saturated carbocycles. The van der Waals surface area contributed by atoms with E-state index < -0.39 is 11.8 Å². The molecule has 0 bridgehead atoms. The zero-order valence-electron chi connectivity index (χ0n) is 17.4. The van der Waals surface area contributed by atoms with Gasteiger partial charge in [0.05, 0.1) is 12.3 Å². The number of hydrazone groups is 1. The van der Waals surface area contributed by atoms with Gasteiger partial charge in [-0.05, 0) is 55.2 Å². The second-order valence-electron chi connectivity index (χ2n) is 7.26. The van der Waals surface area contributed by atoms with E-state index in [-0.39, 0.29) is 18.6 Å². The van der Waals surface area contributed by atoms with E-state index in [0.29, 0.717) is 24.4 Å². The Bertz CT molecular complexity index is 922. The van der Waals surface area contributed by atoms with E-state index in [1.165, 1.54) is 11.1 Å². The maximum Gasteiger partial charge on any atom is 0.329 e. The van der Waals surface area contributed by atoms with E-state index >= 15 is 0 Å². The molecule has 31 heavy (non-hydrogen) atoms. The third-order valence-corrected chi connectivity index (χ3v) is 4.89. The summed E-state index contributed by atoms with van der Waals surface area (Å²) in [6, 6.07) is 16.5. The van der Waals surface area contributed by atoms with Crippen molar-refractivity contribution in [3.8, 4) is 5.75 Å². The molecule has 1 heterocycles. The Morgan fingerprint density at radius 1 is 1.06 bits per heavy atom. The van der Waals surface area contributed by atoms with Crippen LogP contribution in [-0.4, -0.2) is 48.5 Å². The third kappa shape index (κ3) is 6.67. The fourth-order valence-corrected chi connectivity index (χ4v) is 3.18. The fraction of sp³-hybridized carbons (Fsp3) is 0.304. The van der Waals surface area contributed by atoms with Crippen molar-refractivity contribution in [2.45, 2.75) is 25.8 Å². The molecule has 8 heteroatoms. The van der Waals surface area contributed by atoms with Crippen LogP contribution in [0.4, 0.5) is 0 Å². The predicted molar refractivity (Wildman–Crippen MR) is 116 cm³/mol. The molecule has 0 aliphatic carbocycles. The number of ether oxygens (including phenoxy) is 1. The minimum absolute atomic E-state index is 0.0979. The lowest BCUT2D eigenvalue weighted by Crippen LogP contribution is -2.39. The summed E-state index contributed by atoms with van der Waals surface area (Å²) in [6.07, 6.45) is 3.28. The van der Waals surface area contributed by atoms with E-state index in [1.54, 1.807) is 24.3 Å². The van der Waals surface area contributed by atoms with Gasteiger partial charge in [0.1, 0.15) is 5.75 Å². The van der Waals surface area contributed by atoms with E-state index in [4.69, 9.17) is 4.74 Å². The lowest BCUT2D eigenvalue weighted by molar-refractivity contribution is -0.145. The van der Waals surface area contributed by atoms with Crippen molar-refractivity contribution in [2.75, 3.05) is 19.7 Å². The zero-order chi connectivity index (χ0) is 22.1. The second-order valence-corrected chi connectivity index (χ2v) is 7.26. The first kappa shape index (κ1) is 22.0. The van der Waals surface area contributed by atoms with Crippen molar-refractivity contribution in [1.29, 1.82) is 0 Å². The van der Waals surface area contributed by atoms with Crippen LogP contribution in [0.5, 0.6) is 5.75 Å². The smallest absolute Gasteiger partial charge is 0.329 e. The lowest BCUT2D eigenvalue weighted by atomic mass is 10.1. The number of benzene rings is 2. The third-order valence-electron chi connectivity index (χ3n) is 4.89. The van der Waals surface area contributed by atoms with Gasteiger partial charge in [0, 0.05) is 13.1 Å². The van der Waals surface area contributed by atoms with E-state index in [2.05, 4.69) is 15.8 Å². The van der Waals surface area contributed by atoms with Crippen molar-refractivity contribution >= 4 is 23.9 Å². The summed E-state index contributed by atoms with van der Waals surface area (Å²) < 4.78 is 5.51. The molecule has 1 fully saturated rings. The van der Waals surface area contributed by atoms with Gasteiger partial charge >= 0.3 is 11.8 Å². The number of likely N-dealkylation sites (tertiary alicyclic amines) is 1. The first-order valence-corrected chi connectivity index (χ1v) is 10.2. The quantitative estimate of drug-likeness (QED) is 0.405. The fourth-order valence-electron chi connectivity index (χ4n) is 3.18. The van der Waals surface area contributed by atoms with Gasteiger partial charge in [0.25, 0.3) is 5.91 Å². The monoisotopic (exact) mass is 422 g/mol. The molecule has 0 spiro atoms. The molecule has 3 amide bonds. The van der Waals surface area contributed by atoms with Crippen LogP contribution in [0, 0.1) is 0 Å². The number of carbonyl (C=O) groups is 3. The molecule has 8 nitrogen and oxygen atoms in total. The molecule has 1 atom stereocenters. The standard InChI is InChI=1S/C23H26N4O4/c1-17(19-7-3-2-4-8-19)25-21(28)16-31-20-11-9-18(10-12-20)15-24-26-22(29)23(30)27-13-5-6-14-27/h2-4,7-12,15,17H,5-6,13-14,16H2,1H3,(H,25,28)(H,26,29)/b24-15+. The molecule has 1 aliphatic rings. The molecule has 162 valence electrons. The largest absolute Gasteiger partial charge is 0.484 e. The Balaban J connectivity index is 1.41. The summed E-state index contributed by atoms with van der Waals surface area (Å²) in [5.74, 6) is -0.979. The number of amides is 3. The highest BCUT2D eigenvalue weighted by Gasteiger charge is 2.23. The molecular weight excluding hydrogens is 396 g/mol. The summed E-state index contributed by atoms with van der Waals surface area (Å²) in [5.41, 5.74) is 3.98. The van der Waals surface area contributed by atoms with Crippen LogP contribution in [-0.2, 0) is 14.4 Å². The number of nitrogens with one attached hydrogen (secondary N) is 2. The highest BCUT2D eigenvalue weighted by Crippen LogP contribution is 2.13. The minimum Gasteiger partial charge on any atom is -0.484 e. The van der Waals surface area contributed by atoms with Gasteiger partial charge in [0.2, 0.25) is 0 Å². The Labute approximate surface area is 181 Å². The number of hydrogen-bond donors (Lipinski definition) is 2. The van der Waals surface area contributed by atoms with Crippen LogP contribution in [0.3, 0.4) is 0 Å². The Morgan fingerprint density at radius 3 is 2.42 bits per heavy atom. The number of nitrogens with zero attached hydrogens (tertiary/aromatic N) is 2. The van der Waals surface area contributed by atoms with Crippen LogP contribution in [0.25, 0.3) is 0 Å². The number of rotatable bonds is 7. The summed E-state index contributed by atoms with van der Waals surface area (Å²) in [4.78, 5) is 37.3. The van der Waals surface area contributed by atoms with Gasteiger partial charge in [-0.3, -0.25) is 14.4 Å². The molecule has 3 rings (SSSR count). The van der Waals surface area contributed by atoms with E-state index in [1.807, 2.05) is 37.3 Å². The number of hydrogen-bond acceptors (Lipinski definition) is 5. The summed E-state index contributed by atoms with van der Waals surface area (Å²) >= 11 is 0. The average molecular weight is 422 g/mol. The minimum atomic E-state index is -0.742. The highest BCUT2D eigenvalue weighted by molar-refractivity contribution is 6.35. The predicted octanol–water partition coefficient (Wildman–Crippen LogP) is 2.02. The lowest BCUT2D eigenvalue weighted by Gasteiger charge is -2.14. The van der Waals surface area contributed by atoms with Gasteiger partial charge in [0.15, 0.2) is 6.61 Å². The summed E-state index contributed by atoms with van der Waals surface area (Å²) in [6.45, 7) is 3.04. The Kier molecular flexibility index (Phi) is 7.75. The van der Waals surface area contributed by atoms with Gasteiger partial charge in [-0.1, -0.05) is 30.3 Å². The molecule has 0 aromatic heterocycles. The van der Waals surface area contributed by atoms with Crippen LogP contribution in [0.2, 0.25) is 0 Å². The van der Waals surface area contributed by atoms with E-state index in [9.17, 15) is 14.4 Å². The Morgan fingerprint density at radius 2 is 1.74 bits per heavy atom. The van der Waals surface area contributed by atoms with Gasteiger partial charge in [-0.2, -0.15) is 5.10 Å².